The van der Waals surface area contributed by atoms with Crippen LogP contribution >= 0.6 is 0 Å². The molecule has 0 amide bonds. The number of rotatable bonds is 1. The van der Waals surface area contributed by atoms with Gasteiger partial charge in [-0.15, -0.1) is 0 Å². The third kappa shape index (κ3) is 1.48. The van der Waals surface area contributed by atoms with Crippen molar-refractivity contribution in [1.29, 1.82) is 0 Å². The molecule has 1 aliphatic heterocycles. The summed E-state index contributed by atoms with van der Waals surface area (Å²) in [5.74, 6) is 0. The fourth-order valence-electron chi connectivity index (χ4n) is 1.83. The quantitative estimate of drug-likeness (QED) is 0.683. The SMILES string of the molecule is [c]1c(N2CCC=N2)ccc2ccccc12. The highest BCUT2D eigenvalue weighted by atomic mass is 15.5. The lowest BCUT2D eigenvalue weighted by atomic mass is 10.1. The van der Waals surface area contributed by atoms with Crippen LogP contribution in [0, 0.1) is 6.07 Å². The highest BCUT2D eigenvalue weighted by Gasteiger charge is 2.08. The molecule has 0 atom stereocenters. The van der Waals surface area contributed by atoms with Crippen LogP contribution in [0.4, 0.5) is 5.69 Å². The number of hydrazone groups is 1. The van der Waals surface area contributed by atoms with Crippen molar-refractivity contribution in [2.24, 2.45) is 5.10 Å². The van der Waals surface area contributed by atoms with Crippen molar-refractivity contribution >= 4 is 22.7 Å². The van der Waals surface area contributed by atoms with Gasteiger partial charge in [-0.3, -0.25) is 5.01 Å². The molecule has 0 N–H and O–H groups in total. The predicted molar refractivity (Wildman–Crippen MR) is 63.2 cm³/mol. The van der Waals surface area contributed by atoms with Crippen molar-refractivity contribution in [2.45, 2.75) is 6.42 Å². The summed E-state index contributed by atoms with van der Waals surface area (Å²) in [6.45, 7) is 0.967. The number of benzene rings is 2. The first-order valence-electron chi connectivity index (χ1n) is 5.14. The molecule has 0 aliphatic carbocycles. The molecule has 1 radical (unpaired) electrons. The van der Waals surface area contributed by atoms with E-state index < -0.39 is 0 Å². The number of fused-ring (bicyclic) bond motifs is 1. The Bertz CT molecular complexity index is 517. The summed E-state index contributed by atoms with van der Waals surface area (Å²) in [7, 11) is 0. The zero-order chi connectivity index (χ0) is 10.1. The molecule has 2 heteroatoms. The van der Waals surface area contributed by atoms with Crippen molar-refractivity contribution in [3.8, 4) is 0 Å². The Morgan fingerprint density at radius 2 is 2.07 bits per heavy atom. The van der Waals surface area contributed by atoms with Crippen LogP contribution in [-0.4, -0.2) is 12.8 Å². The number of anilines is 1. The van der Waals surface area contributed by atoms with Crippen molar-refractivity contribution in [3.63, 3.8) is 0 Å². The van der Waals surface area contributed by atoms with Crippen LogP contribution in [0.3, 0.4) is 0 Å². The van der Waals surface area contributed by atoms with Crippen LogP contribution in [0.5, 0.6) is 0 Å². The molecule has 73 valence electrons. The van der Waals surface area contributed by atoms with Crippen LogP contribution in [0.1, 0.15) is 6.42 Å². The molecule has 2 aromatic rings. The number of hydrogen-bond donors (Lipinski definition) is 0. The van der Waals surface area contributed by atoms with E-state index in [9.17, 15) is 0 Å². The van der Waals surface area contributed by atoms with E-state index in [-0.39, 0.29) is 0 Å². The molecular formula is C13H11N2. The van der Waals surface area contributed by atoms with Crippen molar-refractivity contribution in [2.75, 3.05) is 11.6 Å². The van der Waals surface area contributed by atoms with Crippen molar-refractivity contribution in [1.82, 2.24) is 0 Å². The minimum Gasteiger partial charge on any atom is -0.265 e. The van der Waals surface area contributed by atoms with E-state index >= 15 is 0 Å². The highest BCUT2D eigenvalue weighted by Crippen LogP contribution is 2.22. The van der Waals surface area contributed by atoms with E-state index in [1.165, 1.54) is 5.39 Å². The lowest BCUT2D eigenvalue weighted by molar-refractivity contribution is 0.922. The van der Waals surface area contributed by atoms with E-state index in [1.54, 1.807) is 0 Å². The van der Waals surface area contributed by atoms with E-state index in [2.05, 4.69) is 35.4 Å². The van der Waals surface area contributed by atoms with Crippen LogP contribution in [0.2, 0.25) is 0 Å². The summed E-state index contributed by atoms with van der Waals surface area (Å²) in [6, 6.07) is 15.8. The number of hydrogen-bond acceptors (Lipinski definition) is 2. The fraction of sp³-hybridized carbons (Fsp3) is 0.154. The van der Waals surface area contributed by atoms with Crippen LogP contribution < -0.4 is 5.01 Å². The molecular weight excluding hydrogens is 184 g/mol. The molecule has 0 aromatic heterocycles. The Morgan fingerprint density at radius 1 is 1.13 bits per heavy atom. The molecule has 0 fully saturated rings. The van der Waals surface area contributed by atoms with E-state index in [0.717, 1.165) is 24.0 Å². The van der Waals surface area contributed by atoms with Gasteiger partial charge in [0.05, 0.1) is 5.69 Å². The zero-order valence-corrected chi connectivity index (χ0v) is 8.35. The van der Waals surface area contributed by atoms with Gasteiger partial charge in [0.1, 0.15) is 0 Å². The molecule has 1 heterocycles. The third-order valence-corrected chi connectivity index (χ3v) is 2.61. The minimum atomic E-state index is 0.967. The second-order valence-corrected chi connectivity index (χ2v) is 3.64. The van der Waals surface area contributed by atoms with Gasteiger partial charge in [0.25, 0.3) is 0 Å². The Balaban J connectivity index is 2.09. The van der Waals surface area contributed by atoms with Crippen molar-refractivity contribution < 1.29 is 0 Å². The number of nitrogens with zero attached hydrogens (tertiary/aromatic N) is 2. The molecule has 0 saturated carbocycles. The van der Waals surface area contributed by atoms with Gasteiger partial charge in [-0.2, -0.15) is 5.10 Å². The Labute approximate surface area is 88.8 Å². The Morgan fingerprint density at radius 3 is 2.93 bits per heavy atom. The summed E-state index contributed by atoms with van der Waals surface area (Å²) < 4.78 is 0. The largest absolute Gasteiger partial charge is 0.265 e. The van der Waals surface area contributed by atoms with Crippen LogP contribution in [0.25, 0.3) is 10.8 Å². The lowest BCUT2D eigenvalue weighted by Crippen LogP contribution is -2.11. The Hall–Kier alpha value is -1.83. The maximum atomic E-state index is 4.29. The third-order valence-electron chi connectivity index (χ3n) is 2.61. The molecule has 0 bridgehead atoms. The molecule has 1 aliphatic rings. The van der Waals surface area contributed by atoms with Crippen LogP contribution in [-0.2, 0) is 0 Å². The second-order valence-electron chi connectivity index (χ2n) is 3.64. The van der Waals surface area contributed by atoms with E-state index in [1.807, 2.05) is 23.4 Å². The normalized spacial score (nSPS) is 15.1. The van der Waals surface area contributed by atoms with Gasteiger partial charge in [-0.05, 0) is 16.8 Å². The minimum absolute atomic E-state index is 0.967. The van der Waals surface area contributed by atoms with E-state index in [0.29, 0.717) is 0 Å². The van der Waals surface area contributed by atoms with Gasteiger partial charge >= 0.3 is 0 Å². The molecule has 15 heavy (non-hydrogen) atoms. The summed E-state index contributed by atoms with van der Waals surface area (Å²) in [5, 5.41) is 8.66. The van der Waals surface area contributed by atoms with Crippen molar-refractivity contribution in [3.05, 3.63) is 42.5 Å². The maximum Gasteiger partial charge on any atom is 0.0679 e. The fourth-order valence-corrected chi connectivity index (χ4v) is 1.83. The van der Waals surface area contributed by atoms with Gasteiger partial charge in [0.2, 0.25) is 0 Å². The van der Waals surface area contributed by atoms with Gasteiger partial charge in [0.15, 0.2) is 0 Å². The lowest BCUT2D eigenvalue weighted by Gasteiger charge is -2.13. The zero-order valence-electron chi connectivity index (χ0n) is 8.35. The topological polar surface area (TPSA) is 15.6 Å². The second kappa shape index (κ2) is 3.39. The standard InChI is InChI=1S/C13H11N2/c1-2-5-12-10-13(7-6-11(12)4-1)15-9-3-8-14-15/h1-2,4-8H,3,9H2. The smallest absolute Gasteiger partial charge is 0.0679 e. The first kappa shape index (κ1) is 8.48. The van der Waals surface area contributed by atoms with Crippen LogP contribution in [0.15, 0.2) is 41.5 Å². The van der Waals surface area contributed by atoms with E-state index in [4.69, 9.17) is 0 Å². The van der Waals surface area contributed by atoms with Gasteiger partial charge < -0.3 is 0 Å². The monoisotopic (exact) mass is 195 g/mol. The van der Waals surface area contributed by atoms with Gasteiger partial charge in [0, 0.05) is 25.2 Å². The first-order chi connectivity index (χ1) is 7.43. The summed E-state index contributed by atoms with van der Waals surface area (Å²) >= 11 is 0. The van der Waals surface area contributed by atoms with Gasteiger partial charge in [-0.1, -0.05) is 30.3 Å². The Kier molecular flexibility index (Phi) is 1.91. The predicted octanol–water partition coefficient (Wildman–Crippen LogP) is 2.84. The molecule has 2 nitrogen and oxygen atoms in total. The highest BCUT2D eigenvalue weighted by molar-refractivity contribution is 5.85. The molecule has 0 saturated heterocycles. The van der Waals surface area contributed by atoms with Gasteiger partial charge in [-0.25, -0.2) is 0 Å². The summed E-state index contributed by atoms with van der Waals surface area (Å²) in [4.78, 5) is 0. The average molecular weight is 195 g/mol. The first-order valence-corrected chi connectivity index (χ1v) is 5.14. The average Bonchev–Trinajstić information content (AvgIpc) is 2.82. The molecule has 3 rings (SSSR count). The maximum absolute atomic E-state index is 4.29. The molecule has 0 unspecified atom stereocenters. The molecule has 2 aromatic carbocycles. The molecule has 0 spiro atoms. The summed E-state index contributed by atoms with van der Waals surface area (Å²) in [5.41, 5.74) is 1.06. The summed E-state index contributed by atoms with van der Waals surface area (Å²) in [6.07, 6.45) is 2.98.